The molecule has 0 saturated carbocycles. The van der Waals surface area contributed by atoms with E-state index in [-0.39, 0.29) is 5.41 Å². The second-order valence-electron chi connectivity index (χ2n) is 5.23. The lowest BCUT2D eigenvalue weighted by molar-refractivity contribution is -0.0566. The molecule has 1 aromatic heterocycles. The van der Waals surface area contributed by atoms with Gasteiger partial charge in [0.2, 0.25) is 0 Å². The molecule has 0 spiro atoms. The zero-order valence-corrected chi connectivity index (χ0v) is 15.2. The van der Waals surface area contributed by atoms with Gasteiger partial charge in [0, 0.05) is 17.3 Å². The highest BCUT2D eigenvalue weighted by Crippen LogP contribution is 2.41. The van der Waals surface area contributed by atoms with Crippen LogP contribution >= 0.6 is 47.8 Å². The summed E-state index contributed by atoms with van der Waals surface area (Å²) in [5.41, 5.74) is -1.23. The molecule has 18 heavy (non-hydrogen) atoms. The molecule has 7 heteroatoms. The first-order valence-corrected chi connectivity index (χ1v) is 7.80. The number of hydrogen-bond donors (Lipinski definition) is 2. The van der Waals surface area contributed by atoms with Crippen LogP contribution in [0.15, 0.2) is 14.2 Å². The Morgan fingerprint density at radius 3 is 2.33 bits per heavy atom. The monoisotopic (exact) mass is 443 g/mol. The number of hydrogen-bond acceptors (Lipinski definition) is 3. The number of aliphatic hydroxyl groups is 1. The number of aromatic amines is 1. The van der Waals surface area contributed by atoms with E-state index >= 15 is 0 Å². The molecule has 0 aromatic carbocycles. The summed E-state index contributed by atoms with van der Waals surface area (Å²) in [5, 5.41) is 17.5. The molecular formula is C11H16Br3N3O. The summed E-state index contributed by atoms with van der Waals surface area (Å²) in [5.74, 6) is 0.679. The lowest BCUT2D eigenvalue weighted by Crippen LogP contribution is -2.45. The molecule has 0 aliphatic rings. The molecule has 2 N–H and O–H groups in total. The van der Waals surface area contributed by atoms with Crippen LogP contribution in [0.25, 0.3) is 0 Å². The third-order valence-corrected chi connectivity index (χ3v) is 5.67. The Labute approximate surface area is 132 Å². The maximum absolute atomic E-state index is 10.9. The van der Waals surface area contributed by atoms with Gasteiger partial charge in [0.1, 0.15) is 12.2 Å². The molecule has 1 atom stereocenters. The van der Waals surface area contributed by atoms with Crippen molar-refractivity contribution in [3.8, 4) is 0 Å². The summed E-state index contributed by atoms with van der Waals surface area (Å²) < 4.78 is 1.68. The van der Waals surface area contributed by atoms with E-state index in [0.29, 0.717) is 18.7 Å². The molecule has 102 valence electrons. The van der Waals surface area contributed by atoms with E-state index in [0.717, 1.165) is 7.87 Å². The average Bonchev–Trinajstić information content (AvgIpc) is 2.68. The highest BCUT2D eigenvalue weighted by Gasteiger charge is 2.41. The number of halogens is 3. The van der Waals surface area contributed by atoms with E-state index in [4.69, 9.17) is 0 Å². The van der Waals surface area contributed by atoms with E-state index in [9.17, 15) is 5.11 Å². The van der Waals surface area contributed by atoms with Crippen molar-refractivity contribution in [2.45, 2.75) is 39.2 Å². The Kier molecular flexibility index (Phi) is 5.58. The van der Waals surface area contributed by atoms with Crippen LogP contribution in [0, 0.1) is 5.41 Å². The van der Waals surface area contributed by atoms with Crippen molar-refractivity contribution in [2.75, 3.05) is 0 Å². The van der Waals surface area contributed by atoms with Crippen molar-refractivity contribution in [3.63, 3.8) is 0 Å². The molecule has 0 aliphatic carbocycles. The topological polar surface area (TPSA) is 61.8 Å². The Morgan fingerprint density at radius 2 is 1.94 bits per heavy atom. The minimum atomic E-state index is -0.932. The van der Waals surface area contributed by atoms with Crippen molar-refractivity contribution in [1.82, 2.24) is 15.2 Å². The fourth-order valence-electron chi connectivity index (χ4n) is 1.51. The Morgan fingerprint density at radius 1 is 1.33 bits per heavy atom. The second-order valence-corrected chi connectivity index (χ2v) is 8.84. The van der Waals surface area contributed by atoms with Crippen LogP contribution in [0.5, 0.6) is 0 Å². The first-order valence-electron chi connectivity index (χ1n) is 5.42. The van der Waals surface area contributed by atoms with E-state index in [2.05, 4.69) is 63.0 Å². The van der Waals surface area contributed by atoms with E-state index in [1.165, 1.54) is 6.33 Å². The highest BCUT2D eigenvalue weighted by atomic mass is 79.9. The molecular weight excluding hydrogens is 430 g/mol. The third-order valence-electron chi connectivity index (χ3n) is 2.97. The Hall–Kier alpha value is 0.280. The van der Waals surface area contributed by atoms with Gasteiger partial charge in [-0.05, 0) is 37.3 Å². The molecule has 0 bridgehead atoms. The number of nitrogens with one attached hydrogen (secondary N) is 1. The predicted molar refractivity (Wildman–Crippen MR) is 82.9 cm³/mol. The molecule has 1 rings (SSSR count). The fourth-order valence-corrected chi connectivity index (χ4v) is 2.25. The van der Waals surface area contributed by atoms with Crippen LogP contribution in [0.2, 0.25) is 0 Å². The van der Waals surface area contributed by atoms with Gasteiger partial charge in [0.25, 0.3) is 0 Å². The Bertz CT molecular complexity index is 421. The highest BCUT2D eigenvalue weighted by molar-refractivity contribution is 9.29. The van der Waals surface area contributed by atoms with Crippen LogP contribution in [0.3, 0.4) is 0 Å². The summed E-state index contributed by atoms with van der Waals surface area (Å²) in [6, 6.07) is 0. The van der Waals surface area contributed by atoms with Crippen LogP contribution in [0.1, 0.15) is 33.0 Å². The minimum absolute atomic E-state index is 0.297. The van der Waals surface area contributed by atoms with Gasteiger partial charge in [-0.2, -0.15) is 5.10 Å². The Balaban J connectivity index is 3.00. The average molecular weight is 446 g/mol. The maximum atomic E-state index is 10.9. The number of rotatable bonds is 4. The van der Waals surface area contributed by atoms with Gasteiger partial charge in [0.15, 0.2) is 0 Å². The zero-order valence-electron chi connectivity index (χ0n) is 10.5. The largest absolute Gasteiger partial charge is 0.389 e. The second kappa shape index (κ2) is 6.15. The van der Waals surface area contributed by atoms with Gasteiger partial charge in [-0.1, -0.05) is 36.7 Å². The fraction of sp³-hybridized carbons (Fsp3) is 0.636. The smallest absolute Gasteiger partial charge is 0.137 e. The van der Waals surface area contributed by atoms with Crippen molar-refractivity contribution >= 4 is 47.8 Å². The molecule has 0 radical (unpaired) electrons. The van der Waals surface area contributed by atoms with Crippen LogP contribution < -0.4 is 0 Å². The molecule has 4 nitrogen and oxygen atoms in total. The molecule has 1 unspecified atom stereocenters. The van der Waals surface area contributed by atoms with Crippen LogP contribution in [0.4, 0.5) is 0 Å². The quantitative estimate of drug-likeness (QED) is 0.739. The first-order chi connectivity index (χ1) is 8.16. The van der Waals surface area contributed by atoms with Crippen LogP contribution in [-0.4, -0.2) is 25.9 Å². The summed E-state index contributed by atoms with van der Waals surface area (Å²) in [6.45, 7) is 6.02. The van der Waals surface area contributed by atoms with E-state index in [1.54, 1.807) is 0 Å². The minimum Gasteiger partial charge on any atom is -0.389 e. The molecule has 0 fully saturated rings. The van der Waals surface area contributed by atoms with Gasteiger partial charge in [-0.15, -0.1) is 0 Å². The molecule has 1 heterocycles. The molecule has 0 amide bonds. The van der Waals surface area contributed by atoms with Gasteiger partial charge >= 0.3 is 0 Å². The molecule has 0 aliphatic heterocycles. The third kappa shape index (κ3) is 4.15. The summed E-state index contributed by atoms with van der Waals surface area (Å²) in [7, 11) is 0. The van der Waals surface area contributed by atoms with Crippen molar-refractivity contribution < 1.29 is 5.11 Å². The SMILES string of the molecule is CC(C)(C)C(O)(CC(Br)=C(Br)Br)Cc1ncn[nH]1. The van der Waals surface area contributed by atoms with Gasteiger partial charge in [0.05, 0.1) is 8.99 Å². The normalized spacial score (nSPS) is 15.3. The number of H-pyrrole nitrogens is 1. The summed E-state index contributed by atoms with van der Waals surface area (Å²) >= 11 is 10.1. The molecule has 1 aromatic rings. The predicted octanol–water partition coefficient (Wildman–Crippen LogP) is 3.87. The van der Waals surface area contributed by atoms with Crippen LogP contribution in [-0.2, 0) is 6.42 Å². The number of aromatic nitrogens is 3. The zero-order chi connectivity index (χ0) is 14.0. The standard InChI is InChI=1S/C11H16Br3N3O/c1-10(2,3)11(18,4-7(12)9(13)14)5-8-15-6-16-17-8/h6,18H,4-5H2,1-3H3,(H,15,16,17). The summed E-state index contributed by atoms with van der Waals surface area (Å²) in [6.07, 6.45) is 2.34. The number of nitrogens with zero attached hydrogens (tertiary/aromatic N) is 2. The lowest BCUT2D eigenvalue weighted by Gasteiger charge is -2.40. The van der Waals surface area contributed by atoms with Crippen molar-refractivity contribution in [3.05, 3.63) is 20.0 Å². The van der Waals surface area contributed by atoms with Crippen molar-refractivity contribution in [2.24, 2.45) is 5.41 Å². The first kappa shape index (κ1) is 16.3. The molecule has 0 saturated heterocycles. The van der Waals surface area contributed by atoms with Gasteiger partial charge < -0.3 is 5.11 Å². The van der Waals surface area contributed by atoms with Gasteiger partial charge in [-0.25, -0.2) is 4.98 Å². The van der Waals surface area contributed by atoms with E-state index < -0.39 is 5.60 Å². The summed E-state index contributed by atoms with van der Waals surface area (Å²) in [4.78, 5) is 4.09. The van der Waals surface area contributed by atoms with Crippen molar-refractivity contribution in [1.29, 1.82) is 0 Å². The van der Waals surface area contributed by atoms with E-state index in [1.807, 2.05) is 20.8 Å². The van der Waals surface area contributed by atoms with Gasteiger partial charge in [-0.3, -0.25) is 5.10 Å². The maximum Gasteiger partial charge on any atom is 0.137 e. The lowest BCUT2D eigenvalue weighted by atomic mass is 9.72.